The second-order valence-electron chi connectivity index (χ2n) is 18.8. The minimum absolute atomic E-state index is 0.0589. The van der Waals surface area contributed by atoms with Gasteiger partial charge in [-0.1, -0.05) is 185 Å². The van der Waals surface area contributed by atoms with E-state index in [1.807, 2.05) is 0 Å². The van der Waals surface area contributed by atoms with Crippen molar-refractivity contribution < 1.29 is 0 Å². The second kappa shape index (κ2) is 12.4. The minimum atomic E-state index is -0.436. The molecule has 0 fully saturated rings. The van der Waals surface area contributed by atoms with Gasteiger partial charge in [0.15, 0.2) is 0 Å². The Morgan fingerprint density at radius 3 is 1.19 bits per heavy atom. The van der Waals surface area contributed by atoms with Gasteiger partial charge in [0, 0.05) is 27.8 Å². The molecule has 0 bridgehead atoms. The molecule has 0 heterocycles. The number of nitrogens with zero attached hydrogens (tertiary/aromatic N) is 1. The van der Waals surface area contributed by atoms with Gasteiger partial charge in [0.2, 0.25) is 0 Å². The van der Waals surface area contributed by atoms with Gasteiger partial charge < -0.3 is 4.90 Å². The molecular formula is C61H45N. The SMILES string of the molecule is CC1(C)c2ccccc2-c2cc3c(cc21)-c1ccc(N(c2ccc4c(c2)C2(c5ccccc5-c5ccccc52)c2ccccc2-4)c2ccccc2-c2ccccc2)cc1C3(C)C. The molecule has 0 N–H and O–H groups in total. The summed E-state index contributed by atoms with van der Waals surface area (Å²) < 4.78 is 0. The van der Waals surface area contributed by atoms with Crippen molar-refractivity contribution in [2.24, 2.45) is 0 Å². The van der Waals surface area contributed by atoms with Crippen LogP contribution in [0.1, 0.15) is 72.2 Å². The summed E-state index contributed by atoms with van der Waals surface area (Å²) in [5, 5.41) is 0. The third-order valence-electron chi connectivity index (χ3n) is 15.1. The van der Waals surface area contributed by atoms with E-state index in [0.717, 1.165) is 17.1 Å². The zero-order chi connectivity index (χ0) is 41.5. The predicted octanol–water partition coefficient (Wildman–Crippen LogP) is 15.8. The lowest BCUT2D eigenvalue weighted by Crippen LogP contribution is -2.26. The Labute approximate surface area is 364 Å². The molecule has 0 unspecified atom stereocenters. The molecule has 4 aliphatic carbocycles. The fourth-order valence-corrected chi connectivity index (χ4v) is 12.2. The number of rotatable bonds is 4. The van der Waals surface area contributed by atoms with Crippen molar-refractivity contribution >= 4 is 17.1 Å². The number of benzene rings is 9. The highest BCUT2D eigenvalue weighted by Crippen LogP contribution is 2.64. The fourth-order valence-electron chi connectivity index (χ4n) is 12.2. The van der Waals surface area contributed by atoms with Crippen LogP contribution < -0.4 is 4.90 Å². The lowest BCUT2D eigenvalue weighted by atomic mass is 9.70. The molecular weight excluding hydrogens is 747 g/mol. The molecule has 13 rings (SSSR count). The van der Waals surface area contributed by atoms with E-state index >= 15 is 0 Å². The highest BCUT2D eigenvalue weighted by molar-refractivity contribution is 5.98. The molecule has 9 aromatic carbocycles. The number of para-hydroxylation sites is 1. The van der Waals surface area contributed by atoms with Crippen molar-refractivity contribution in [1.82, 2.24) is 0 Å². The fraction of sp³-hybridized carbons (Fsp3) is 0.115. The molecule has 1 heteroatoms. The van der Waals surface area contributed by atoms with E-state index in [2.05, 4.69) is 233 Å². The molecule has 4 aliphatic rings. The molecule has 1 nitrogen and oxygen atoms in total. The summed E-state index contributed by atoms with van der Waals surface area (Å²) in [6, 6.07) is 75.7. The first kappa shape index (κ1) is 35.5. The summed E-state index contributed by atoms with van der Waals surface area (Å²) in [4.78, 5) is 2.53. The molecule has 0 radical (unpaired) electrons. The van der Waals surface area contributed by atoms with E-state index < -0.39 is 5.41 Å². The van der Waals surface area contributed by atoms with Crippen LogP contribution in [0.15, 0.2) is 200 Å². The van der Waals surface area contributed by atoms with Crippen LogP contribution in [0, 0.1) is 0 Å². The maximum absolute atomic E-state index is 2.53. The molecule has 1 spiro atoms. The second-order valence-corrected chi connectivity index (χ2v) is 18.8. The molecule has 0 saturated heterocycles. The van der Waals surface area contributed by atoms with E-state index in [0.29, 0.717) is 0 Å². The summed E-state index contributed by atoms with van der Waals surface area (Å²) in [5.41, 5.74) is 26.9. The first-order chi connectivity index (χ1) is 30.3. The van der Waals surface area contributed by atoms with Crippen LogP contribution in [0.2, 0.25) is 0 Å². The molecule has 0 saturated carbocycles. The molecule has 0 aromatic heterocycles. The molecule has 0 amide bonds. The van der Waals surface area contributed by atoms with E-state index in [-0.39, 0.29) is 10.8 Å². The Kier molecular flexibility index (Phi) is 7.12. The average Bonchev–Trinajstić information content (AvgIpc) is 3.94. The topological polar surface area (TPSA) is 3.24 Å². The summed E-state index contributed by atoms with van der Waals surface area (Å²) in [6.07, 6.45) is 0. The lowest BCUT2D eigenvalue weighted by molar-refractivity contribution is 0.652. The third-order valence-corrected chi connectivity index (χ3v) is 15.1. The number of fused-ring (bicyclic) bond motifs is 16. The van der Waals surface area contributed by atoms with Crippen LogP contribution in [-0.2, 0) is 16.2 Å². The normalized spacial score (nSPS) is 15.5. The number of hydrogen-bond acceptors (Lipinski definition) is 1. The van der Waals surface area contributed by atoms with Crippen molar-refractivity contribution in [2.45, 2.75) is 43.9 Å². The van der Waals surface area contributed by atoms with Gasteiger partial charge in [-0.2, -0.15) is 0 Å². The van der Waals surface area contributed by atoms with Gasteiger partial charge in [0.1, 0.15) is 0 Å². The smallest absolute Gasteiger partial charge is 0.0726 e. The number of hydrogen-bond donors (Lipinski definition) is 0. The zero-order valence-corrected chi connectivity index (χ0v) is 35.5. The van der Waals surface area contributed by atoms with Crippen molar-refractivity contribution in [3.63, 3.8) is 0 Å². The quantitative estimate of drug-likeness (QED) is 0.172. The van der Waals surface area contributed by atoms with Gasteiger partial charge in [0.25, 0.3) is 0 Å². The van der Waals surface area contributed by atoms with Crippen molar-refractivity contribution in [1.29, 1.82) is 0 Å². The van der Waals surface area contributed by atoms with Crippen LogP contribution in [0.3, 0.4) is 0 Å². The average molecular weight is 792 g/mol. The summed E-state index contributed by atoms with van der Waals surface area (Å²) in [7, 11) is 0. The standard InChI is InChI=1S/C61H45N/c1-59(2)50-25-13-8-24-45(50)48-36-56-49(37-55(48)59)47-33-31-39(34-54(47)60(56,3)4)62(58-29-17-12-20-41(58)38-18-6-5-7-19-38)40-30-32-46-44-23-11-16-28-53(44)61(57(46)35-40)51-26-14-9-21-42(51)43-22-10-15-27-52(43)61/h5-37H,1-4H3. The molecule has 62 heavy (non-hydrogen) atoms. The van der Waals surface area contributed by atoms with E-state index in [4.69, 9.17) is 0 Å². The monoisotopic (exact) mass is 791 g/mol. The summed E-state index contributed by atoms with van der Waals surface area (Å²) in [5.74, 6) is 0. The minimum Gasteiger partial charge on any atom is -0.310 e. The van der Waals surface area contributed by atoms with E-state index in [1.165, 1.54) is 100 Å². The van der Waals surface area contributed by atoms with Gasteiger partial charge in [-0.05, 0) is 137 Å². The predicted molar refractivity (Wildman–Crippen MR) is 258 cm³/mol. The highest BCUT2D eigenvalue weighted by atomic mass is 15.1. The highest BCUT2D eigenvalue weighted by Gasteiger charge is 2.52. The van der Waals surface area contributed by atoms with Crippen LogP contribution in [0.4, 0.5) is 17.1 Å². The van der Waals surface area contributed by atoms with Gasteiger partial charge >= 0.3 is 0 Å². The van der Waals surface area contributed by atoms with Crippen LogP contribution in [0.5, 0.6) is 0 Å². The van der Waals surface area contributed by atoms with Crippen LogP contribution in [0.25, 0.3) is 55.6 Å². The van der Waals surface area contributed by atoms with Gasteiger partial charge in [-0.15, -0.1) is 0 Å². The summed E-state index contributed by atoms with van der Waals surface area (Å²) >= 11 is 0. The van der Waals surface area contributed by atoms with Crippen molar-refractivity contribution in [2.75, 3.05) is 4.90 Å². The van der Waals surface area contributed by atoms with Crippen molar-refractivity contribution in [3.05, 3.63) is 245 Å². The molecule has 0 atom stereocenters. The first-order valence-corrected chi connectivity index (χ1v) is 22.1. The third kappa shape index (κ3) is 4.48. The number of anilines is 3. The van der Waals surface area contributed by atoms with E-state index in [1.54, 1.807) is 0 Å². The van der Waals surface area contributed by atoms with E-state index in [9.17, 15) is 0 Å². The maximum atomic E-state index is 2.53. The van der Waals surface area contributed by atoms with Gasteiger partial charge in [0.05, 0.1) is 11.1 Å². The Hall–Kier alpha value is -7.22. The largest absolute Gasteiger partial charge is 0.310 e. The molecule has 0 aliphatic heterocycles. The lowest BCUT2D eigenvalue weighted by Gasteiger charge is -2.33. The Morgan fingerprint density at radius 1 is 0.274 bits per heavy atom. The zero-order valence-electron chi connectivity index (χ0n) is 35.5. The Balaban J connectivity index is 1.05. The molecule has 294 valence electrons. The summed E-state index contributed by atoms with van der Waals surface area (Å²) in [6.45, 7) is 9.62. The Morgan fingerprint density at radius 2 is 0.645 bits per heavy atom. The van der Waals surface area contributed by atoms with Gasteiger partial charge in [-0.25, -0.2) is 0 Å². The molecule has 9 aromatic rings. The van der Waals surface area contributed by atoms with Crippen molar-refractivity contribution in [3.8, 4) is 55.6 Å². The van der Waals surface area contributed by atoms with Crippen LogP contribution >= 0.6 is 0 Å². The maximum Gasteiger partial charge on any atom is 0.0726 e. The van der Waals surface area contributed by atoms with Gasteiger partial charge in [-0.3, -0.25) is 0 Å². The Bertz CT molecular complexity index is 3300. The van der Waals surface area contributed by atoms with Crippen LogP contribution in [-0.4, -0.2) is 0 Å². The first-order valence-electron chi connectivity index (χ1n) is 22.1.